The Morgan fingerprint density at radius 2 is 2.17 bits per heavy atom. The highest BCUT2D eigenvalue weighted by molar-refractivity contribution is 6.03. The molecular weight excluding hydrogens is 366 g/mol. The fourth-order valence-corrected chi connectivity index (χ4v) is 4.31. The molecule has 3 aromatic rings. The van der Waals surface area contributed by atoms with Gasteiger partial charge in [0.05, 0.1) is 11.2 Å². The first kappa shape index (κ1) is 17.9. The molecule has 2 aliphatic rings. The number of carbonyl (C=O) groups excluding carboxylic acids is 1. The molecule has 0 aliphatic carbocycles. The van der Waals surface area contributed by atoms with Crippen molar-refractivity contribution in [3.63, 3.8) is 0 Å². The van der Waals surface area contributed by atoms with E-state index in [1.807, 2.05) is 37.5 Å². The van der Waals surface area contributed by atoms with Crippen molar-refractivity contribution in [1.29, 1.82) is 0 Å². The van der Waals surface area contributed by atoms with Gasteiger partial charge >= 0.3 is 6.03 Å². The quantitative estimate of drug-likeness (QED) is 0.702. The smallest absolute Gasteiger partial charge is 0.327 e. The Balaban J connectivity index is 1.38. The summed E-state index contributed by atoms with van der Waals surface area (Å²) in [6.07, 6.45) is 4.50. The van der Waals surface area contributed by atoms with Crippen molar-refractivity contribution in [2.45, 2.75) is 26.3 Å². The molecule has 2 aliphatic heterocycles. The number of carbonyl (C=O) groups is 1. The minimum Gasteiger partial charge on any atom is -0.368 e. The van der Waals surface area contributed by atoms with Crippen LogP contribution in [0.4, 0.5) is 22.0 Å². The van der Waals surface area contributed by atoms with E-state index in [1.165, 1.54) is 11.3 Å². The Bertz CT molecular complexity index is 1080. The number of hydrogen-bond donors (Lipinski definition) is 2. The highest BCUT2D eigenvalue weighted by atomic mass is 16.2. The maximum Gasteiger partial charge on any atom is 0.327 e. The van der Waals surface area contributed by atoms with Crippen LogP contribution in [0.5, 0.6) is 0 Å². The summed E-state index contributed by atoms with van der Waals surface area (Å²) in [5, 5.41) is 10.9. The van der Waals surface area contributed by atoms with Crippen molar-refractivity contribution in [3.8, 4) is 0 Å². The van der Waals surface area contributed by atoms with Crippen LogP contribution in [0.15, 0.2) is 36.7 Å². The molecule has 8 heteroatoms. The molecule has 0 unspecified atom stereocenters. The lowest BCUT2D eigenvalue weighted by atomic mass is 10.1. The summed E-state index contributed by atoms with van der Waals surface area (Å²) in [5.41, 5.74) is 5.02. The first-order valence-corrected chi connectivity index (χ1v) is 10.1. The van der Waals surface area contributed by atoms with Gasteiger partial charge in [0.1, 0.15) is 5.82 Å². The second-order valence-corrected chi connectivity index (χ2v) is 7.84. The van der Waals surface area contributed by atoms with E-state index in [2.05, 4.69) is 38.6 Å². The second kappa shape index (κ2) is 7.04. The predicted octanol–water partition coefficient (Wildman–Crippen LogP) is 2.43. The molecule has 1 saturated heterocycles. The molecule has 0 spiro atoms. The molecule has 1 atom stereocenters. The summed E-state index contributed by atoms with van der Waals surface area (Å²) >= 11 is 0. The van der Waals surface area contributed by atoms with Crippen LogP contribution in [-0.4, -0.2) is 52.9 Å². The van der Waals surface area contributed by atoms with Gasteiger partial charge in [-0.3, -0.25) is 4.90 Å². The zero-order valence-electron chi connectivity index (χ0n) is 16.7. The van der Waals surface area contributed by atoms with Gasteiger partial charge in [-0.15, -0.1) is 0 Å². The molecule has 5 heterocycles. The van der Waals surface area contributed by atoms with Crippen molar-refractivity contribution in [2.75, 3.05) is 41.3 Å². The summed E-state index contributed by atoms with van der Waals surface area (Å²) in [5.74, 6) is 0.771. The molecule has 8 nitrogen and oxygen atoms in total. The van der Waals surface area contributed by atoms with Crippen LogP contribution < -0.4 is 20.4 Å². The summed E-state index contributed by atoms with van der Waals surface area (Å²) in [6.45, 7) is 7.70. The second-order valence-electron chi connectivity index (χ2n) is 7.84. The van der Waals surface area contributed by atoms with Gasteiger partial charge in [-0.25, -0.2) is 14.3 Å². The number of aromatic nitrogens is 3. The number of urea groups is 1. The molecule has 5 rings (SSSR count). The molecule has 0 saturated carbocycles. The molecule has 2 N–H and O–H groups in total. The molecule has 1 fully saturated rings. The Morgan fingerprint density at radius 1 is 1.28 bits per heavy atom. The zero-order valence-corrected chi connectivity index (χ0v) is 16.7. The van der Waals surface area contributed by atoms with Gasteiger partial charge in [-0.05, 0) is 44.5 Å². The molecule has 29 heavy (non-hydrogen) atoms. The highest BCUT2D eigenvalue weighted by Crippen LogP contribution is 2.34. The molecule has 0 radical (unpaired) electrons. The van der Waals surface area contributed by atoms with E-state index in [1.54, 1.807) is 9.42 Å². The summed E-state index contributed by atoms with van der Waals surface area (Å²) in [6, 6.07) is 8.16. The van der Waals surface area contributed by atoms with Crippen LogP contribution in [0.3, 0.4) is 0 Å². The number of fused-ring (bicyclic) bond motifs is 2. The summed E-state index contributed by atoms with van der Waals surface area (Å²) in [7, 11) is 0. The van der Waals surface area contributed by atoms with Crippen molar-refractivity contribution in [3.05, 3.63) is 47.9 Å². The fourth-order valence-electron chi connectivity index (χ4n) is 4.31. The SMILES string of the molecule is Cc1cc2cc(NC(=O)N3CCc4c(N5CCN[C@@H](C)C5)ccnc43)ccn2n1. The van der Waals surface area contributed by atoms with Crippen molar-refractivity contribution < 1.29 is 4.79 Å². The van der Waals surface area contributed by atoms with E-state index >= 15 is 0 Å². The maximum atomic E-state index is 13.0. The first-order chi connectivity index (χ1) is 14.1. The van der Waals surface area contributed by atoms with Crippen LogP contribution in [0.1, 0.15) is 18.2 Å². The molecule has 3 aromatic heterocycles. The van der Waals surface area contributed by atoms with Gasteiger partial charge in [0, 0.05) is 61.6 Å². The third-order valence-corrected chi connectivity index (χ3v) is 5.64. The van der Waals surface area contributed by atoms with E-state index in [0.717, 1.165) is 48.8 Å². The number of aryl methyl sites for hydroxylation is 1. The normalized spacial score (nSPS) is 18.9. The summed E-state index contributed by atoms with van der Waals surface area (Å²) < 4.78 is 1.80. The molecule has 150 valence electrons. The van der Waals surface area contributed by atoms with E-state index in [0.29, 0.717) is 12.6 Å². The zero-order chi connectivity index (χ0) is 20.0. The number of pyridine rings is 2. The Kier molecular flexibility index (Phi) is 4.35. The van der Waals surface area contributed by atoms with Gasteiger partial charge in [0.25, 0.3) is 0 Å². The van der Waals surface area contributed by atoms with E-state index < -0.39 is 0 Å². The average molecular weight is 391 g/mol. The van der Waals surface area contributed by atoms with Crippen LogP contribution >= 0.6 is 0 Å². The van der Waals surface area contributed by atoms with Gasteiger partial charge < -0.3 is 15.5 Å². The number of nitrogens with one attached hydrogen (secondary N) is 2. The number of anilines is 3. The van der Waals surface area contributed by atoms with E-state index in [-0.39, 0.29) is 6.03 Å². The Hall–Kier alpha value is -3.13. The fraction of sp³-hybridized carbons (Fsp3) is 0.381. The minimum absolute atomic E-state index is 0.150. The number of rotatable bonds is 2. The third-order valence-electron chi connectivity index (χ3n) is 5.64. The van der Waals surface area contributed by atoms with Crippen molar-refractivity contribution in [1.82, 2.24) is 19.9 Å². The van der Waals surface area contributed by atoms with Crippen LogP contribution in [0, 0.1) is 6.92 Å². The van der Waals surface area contributed by atoms with Crippen LogP contribution in [0.2, 0.25) is 0 Å². The standard InChI is InChI=1S/C21H25N7O/c1-14-11-17-12-16(4-9-28(17)25-14)24-21(29)27-8-5-18-19(3-6-23-20(18)27)26-10-7-22-15(2)13-26/h3-4,6,9,11-12,15,22H,5,7-8,10,13H2,1-2H3,(H,24,29)/t15-/m0/s1. The van der Waals surface area contributed by atoms with Crippen LogP contribution in [-0.2, 0) is 6.42 Å². The monoisotopic (exact) mass is 391 g/mol. The third kappa shape index (κ3) is 3.29. The van der Waals surface area contributed by atoms with Gasteiger partial charge in [-0.1, -0.05) is 0 Å². The largest absolute Gasteiger partial charge is 0.368 e. The van der Waals surface area contributed by atoms with Gasteiger partial charge in [-0.2, -0.15) is 5.10 Å². The van der Waals surface area contributed by atoms with E-state index in [4.69, 9.17) is 0 Å². The minimum atomic E-state index is -0.150. The predicted molar refractivity (Wildman–Crippen MR) is 114 cm³/mol. The van der Waals surface area contributed by atoms with Crippen molar-refractivity contribution >= 4 is 28.7 Å². The number of amides is 2. The number of piperazine rings is 1. The molecule has 0 bridgehead atoms. The lowest BCUT2D eigenvalue weighted by Gasteiger charge is -2.34. The van der Waals surface area contributed by atoms with Crippen molar-refractivity contribution in [2.24, 2.45) is 0 Å². The van der Waals surface area contributed by atoms with Crippen LogP contribution in [0.25, 0.3) is 5.52 Å². The lowest BCUT2D eigenvalue weighted by molar-refractivity contribution is 0.257. The topological polar surface area (TPSA) is 77.8 Å². The average Bonchev–Trinajstić information content (AvgIpc) is 3.30. The lowest BCUT2D eigenvalue weighted by Crippen LogP contribution is -2.49. The molecular formula is C21H25N7O. The summed E-state index contributed by atoms with van der Waals surface area (Å²) in [4.78, 5) is 21.7. The first-order valence-electron chi connectivity index (χ1n) is 10.1. The van der Waals surface area contributed by atoms with E-state index in [9.17, 15) is 4.79 Å². The molecule has 2 amide bonds. The molecule has 0 aromatic carbocycles. The maximum absolute atomic E-state index is 13.0. The number of hydrogen-bond acceptors (Lipinski definition) is 5. The number of nitrogens with zero attached hydrogens (tertiary/aromatic N) is 5. The highest BCUT2D eigenvalue weighted by Gasteiger charge is 2.30. The van der Waals surface area contributed by atoms with Gasteiger partial charge in [0.2, 0.25) is 0 Å². The van der Waals surface area contributed by atoms with Gasteiger partial charge in [0.15, 0.2) is 0 Å². The Morgan fingerprint density at radius 3 is 3.03 bits per heavy atom. The Labute approximate surface area is 169 Å².